The van der Waals surface area contributed by atoms with Crippen LogP contribution in [0.2, 0.25) is 10.0 Å². The lowest BCUT2D eigenvalue weighted by atomic mass is 10.2. The molecule has 0 saturated carbocycles. The Morgan fingerprint density at radius 3 is 2.63 bits per heavy atom. The fourth-order valence-electron chi connectivity index (χ4n) is 3.48. The second-order valence-electron chi connectivity index (χ2n) is 6.19. The maximum atomic E-state index is 13.1. The number of rotatable bonds is 3. The highest BCUT2D eigenvalue weighted by atomic mass is 35.5. The average Bonchev–Trinajstić information content (AvgIpc) is 3.10. The lowest BCUT2D eigenvalue weighted by Gasteiger charge is -2.29. The van der Waals surface area contributed by atoms with Crippen molar-refractivity contribution < 1.29 is 4.79 Å². The topological polar surface area (TPSA) is 69.9 Å². The fraction of sp³-hybridized carbons (Fsp3) is 0.353. The summed E-state index contributed by atoms with van der Waals surface area (Å²) in [5, 5.41) is 5.33. The fourth-order valence-corrected chi connectivity index (χ4v) is 4.90. The minimum Gasteiger partial charge on any atom is -0.300 e. The van der Waals surface area contributed by atoms with Crippen molar-refractivity contribution in [3.05, 3.63) is 53.5 Å². The number of thiazole rings is 1. The number of carbonyl (C=O) groups is 1. The zero-order chi connectivity index (χ0) is 19.3. The van der Waals surface area contributed by atoms with Gasteiger partial charge in [0.2, 0.25) is 4.80 Å². The largest absolute Gasteiger partial charge is 0.323 e. The van der Waals surface area contributed by atoms with Crippen molar-refractivity contribution in [3.63, 3.8) is 0 Å². The summed E-state index contributed by atoms with van der Waals surface area (Å²) in [5.41, 5.74) is 3.55. The summed E-state index contributed by atoms with van der Waals surface area (Å²) in [4.78, 5) is 29.7. The summed E-state index contributed by atoms with van der Waals surface area (Å²) in [6.45, 7) is 4.84. The number of hydrogen-bond donors (Lipinski definition) is 1. The van der Waals surface area contributed by atoms with E-state index in [2.05, 4.69) is 10.5 Å². The van der Waals surface area contributed by atoms with Crippen LogP contribution < -0.4 is 20.3 Å². The molecule has 2 amide bonds. The Morgan fingerprint density at radius 2 is 1.96 bits per heavy atom. The van der Waals surface area contributed by atoms with Crippen LogP contribution in [0.3, 0.4) is 0 Å². The Morgan fingerprint density at radius 1 is 1.22 bits per heavy atom. The van der Waals surface area contributed by atoms with E-state index < -0.39 is 6.17 Å². The molecule has 2 aliphatic heterocycles. The van der Waals surface area contributed by atoms with E-state index in [4.69, 9.17) is 23.2 Å². The van der Waals surface area contributed by atoms with Crippen LogP contribution in [0.15, 0.2) is 28.1 Å². The van der Waals surface area contributed by atoms with E-state index >= 15 is 0 Å². The Labute approximate surface area is 169 Å². The number of urea groups is 1. The first kappa shape index (κ1) is 18.3. The molecule has 2 aromatic rings. The van der Waals surface area contributed by atoms with Gasteiger partial charge in [-0.1, -0.05) is 40.6 Å². The summed E-state index contributed by atoms with van der Waals surface area (Å²) in [6, 6.07) is 5.02. The third-order valence-electron chi connectivity index (χ3n) is 4.75. The highest BCUT2D eigenvalue weighted by Crippen LogP contribution is 2.29. The van der Waals surface area contributed by atoms with Crippen LogP contribution in [0.5, 0.6) is 0 Å². The van der Waals surface area contributed by atoms with E-state index in [0.29, 0.717) is 38.0 Å². The van der Waals surface area contributed by atoms with Gasteiger partial charge in [0.25, 0.3) is 5.56 Å². The quantitative estimate of drug-likeness (QED) is 0.814. The molecule has 0 spiro atoms. The number of likely N-dealkylation sites (N-methyl/N-ethyl adjacent to an activating group) is 2. The normalized spacial score (nSPS) is 21.8. The lowest BCUT2D eigenvalue weighted by molar-refractivity contribution is 0.151. The van der Waals surface area contributed by atoms with Gasteiger partial charge < -0.3 is 0 Å². The first-order chi connectivity index (χ1) is 13.0. The molecule has 142 valence electrons. The van der Waals surface area contributed by atoms with Crippen LogP contribution in [-0.2, 0) is 0 Å². The van der Waals surface area contributed by atoms with Gasteiger partial charge in [-0.2, -0.15) is 0 Å². The number of aromatic nitrogens is 1. The van der Waals surface area contributed by atoms with E-state index in [1.165, 1.54) is 11.3 Å². The highest BCUT2D eigenvalue weighted by molar-refractivity contribution is 7.07. The predicted octanol–water partition coefficient (Wildman–Crippen LogP) is 1.79. The van der Waals surface area contributed by atoms with E-state index in [9.17, 15) is 9.59 Å². The molecule has 1 saturated heterocycles. The van der Waals surface area contributed by atoms with Crippen molar-refractivity contribution in [1.82, 2.24) is 19.8 Å². The first-order valence-corrected chi connectivity index (χ1v) is 10.1. The minimum absolute atomic E-state index is 0.102. The number of hydrogen-bond acceptors (Lipinski definition) is 5. The second-order valence-corrected chi connectivity index (χ2v) is 8.04. The van der Waals surface area contributed by atoms with Crippen LogP contribution in [0, 0.1) is 0 Å². The molecule has 4 rings (SSSR count). The Bertz CT molecular complexity index is 1100. The van der Waals surface area contributed by atoms with Crippen molar-refractivity contribution in [2.45, 2.75) is 26.2 Å². The molecular weight excluding hydrogens is 409 g/mol. The van der Waals surface area contributed by atoms with E-state index in [-0.39, 0.29) is 17.8 Å². The number of fused-ring (bicyclic) bond motifs is 3. The number of amides is 2. The molecular formula is C17H17Cl2N5O2S. The molecule has 7 nitrogen and oxygen atoms in total. The molecule has 2 atom stereocenters. The summed E-state index contributed by atoms with van der Waals surface area (Å²) in [6.07, 6.45) is 0.933. The van der Waals surface area contributed by atoms with Crippen LogP contribution in [0.1, 0.15) is 25.6 Å². The van der Waals surface area contributed by atoms with Gasteiger partial charge >= 0.3 is 6.03 Å². The molecule has 10 heteroatoms. The van der Waals surface area contributed by atoms with Gasteiger partial charge in [0.1, 0.15) is 0 Å². The van der Waals surface area contributed by atoms with Gasteiger partial charge in [0, 0.05) is 23.1 Å². The molecule has 0 radical (unpaired) electrons. The smallest absolute Gasteiger partial charge is 0.300 e. The number of halogens is 2. The molecule has 2 unspecified atom stereocenters. The van der Waals surface area contributed by atoms with Crippen molar-refractivity contribution in [2.24, 2.45) is 5.10 Å². The zero-order valence-corrected chi connectivity index (χ0v) is 17.0. The van der Waals surface area contributed by atoms with Gasteiger partial charge in [-0.05, 0) is 37.6 Å². The van der Waals surface area contributed by atoms with Gasteiger partial charge in [-0.3, -0.25) is 24.6 Å². The third kappa shape index (κ3) is 2.83. The summed E-state index contributed by atoms with van der Waals surface area (Å²) >= 11 is 13.4. The summed E-state index contributed by atoms with van der Waals surface area (Å²) < 4.78 is 2.09. The molecule has 1 fully saturated rings. The molecule has 3 heterocycles. The Kier molecular flexibility index (Phi) is 4.65. The van der Waals surface area contributed by atoms with Crippen LogP contribution in [0.25, 0.3) is 6.08 Å². The molecule has 0 bridgehead atoms. The first-order valence-electron chi connectivity index (χ1n) is 8.54. The van der Waals surface area contributed by atoms with Crippen LogP contribution >= 0.6 is 34.5 Å². The third-order valence-corrected chi connectivity index (χ3v) is 6.30. The van der Waals surface area contributed by atoms with Crippen molar-refractivity contribution >= 4 is 46.6 Å². The Hall–Kier alpha value is -2.03. The van der Waals surface area contributed by atoms with Crippen molar-refractivity contribution in [2.75, 3.05) is 13.1 Å². The predicted molar refractivity (Wildman–Crippen MR) is 106 cm³/mol. The van der Waals surface area contributed by atoms with E-state index in [1.807, 2.05) is 13.8 Å². The maximum absolute atomic E-state index is 13.1. The lowest BCUT2D eigenvalue weighted by Crippen LogP contribution is -2.53. The summed E-state index contributed by atoms with van der Waals surface area (Å²) in [7, 11) is 0. The molecule has 27 heavy (non-hydrogen) atoms. The van der Waals surface area contributed by atoms with E-state index in [1.54, 1.807) is 38.6 Å². The highest BCUT2D eigenvalue weighted by Gasteiger charge is 2.48. The second kappa shape index (κ2) is 6.85. The number of nitrogens with one attached hydrogen (secondary N) is 1. The van der Waals surface area contributed by atoms with Gasteiger partial charge in [0.05, 0.1) is 4.53 Å². The molecule has 1 aromatic carbocycles. The molecule has 1 aromatic heterocycles. The van der Waals surface area contributed by atoms with Crippen LogP contribution in [-0.4, -0.2) is 39.7 Å². The van der Waals surface area contributed by atoms with Gasteiger partial charge in [-0.25, -0.2) is 4.79 Å². The Balaban J connectivity index is 1.87. The standard InChI is InChI=1S/C17H17Cl2N5O2S/c1-3-22-13-14(23(4-2)17(22)26)24-15(25)12(27-16(24)21-20-13)7-9-5-6-10(18)8-11(9)19/h5-8,13-14,20H,3-4H2,1-2H3/b12-7-. The van der Waals surface area contributed by atoms with Crippen molar-refractivity contribution in [1.29, 1.82) is 0 Å². The van der Waals surface area contributed by atoms with Crippen LogP contribution in [0.4, 0.5) is 4.79 Å². The minimum atomic E-state index is -0.429. The average molecular weight is 426 g/mol. The van der Waals surface area contributed by atoms with Gasteiger partial charge in [-0.15, -0.1) is 5.10 Å². The van der Waals surface area contributed by atoms with E-state index in [0.717, 1.165) is 0 Å². The zero-order valence-electron chi connectivity index (χ0n) is 14.6. The van der Waals surface area contributed by atoms with Crippen molar-refractivity contribution in [3.8, 4) is 0 Å². The SMILES string of the molecule is CCN1C(=O)N(CC)C2C1NN=c1s/c(=C\c3ccc(Cl)cc3Cl)c(=O)n12. The van der Waals surface area contributed by atoms with Gasteiger partial charge in [0.15, 0.2) is 12.3 Å². The number of benzene rings is 1. The maximum Gasteiger partial charge on any atom is 0.323 e. The summed E-state index contributed by atoms with van der Waals surface area (Å²) in [5.74, 6) is 0. The number of nitrogens with zero attached hydrogens (tertiary/aromatic N) is 4. The molecule has 1 N–H and O–H groups in total. The molecule has 0 aliphatic carbocycles. The monoisotopic (exact) mass is 425 g/mol. The molecule has 2 aliphatic rings. The number of carbonyl (C=O) groups excluding carboxylic acids is 1.